The van der Waals surface area contributed by atoms with Crippen molar-refractivity contribution in [2.75, 3.05) is 0 Å². The third-order valence-electron chi connectivity index (χ3n) is 10.7. The fourth-order valence-electron chi connectivity index (χ4n) is 8.64. The molecular weight excluding hydrogens is 436 g/mol. The van der Waals surface area contributed by atoms with Crippen molar-refractivity contribution < 1.29 is 5.11 Å². The molecule has 182 valence electrons. The van der Waals surface area contributed by atoms with Gasteiger partial charge in [0.15, 0.2) is 0 Å². The maximum atomic E-state index is 10.8. The Hall–Kier alpha value is -1.49. The Morgan fingerprint density at radius 2 is 1.79 bits per heavy atom. The van der Waals surface area contributed by atoms with Crippen LogP contribution in [-0.2, 0) is 0 Å². The highest BCUT2D eigenvalue weighted by molar-refractivity contribution is 6.30. The Morgan fingerprint density at radius 3 is 2.53 bits per heavy atom. The number of hydrogen-bond donors (Lipinski definition) is 1. The van der Waals surface area contributed by atoms with E-state index in [4.69, 9.17) is 11.6 Å². The lowest BCUT2D eigenvalue weighted by molar-refractivity contribution is -0.0976. The number of halogens is 1. The first-order valence-electron chi connectivity index (χ1n) is 13.4. The van der Waals surface area contributed by atoms with Crippen LogP contribution in [0.4, 0.5) is 0 Å². The number of rotatable bonds is 2. The molecule has 0 heterocycles. The Labute approximate surface area is 212 Å². The number of aliphatic hydroxyl groups is 1. The molecule has 5 rings (SSSR count). The third-order valence-corrected chi connectivity index (χ3v) is 10.9. The predicted molar refractivity (Wildman–Crippen MR) is 142 cm³/mol. The highest BCUT2D eigenvalue weighted by Crippen LogP contribution is 2.66. The highest BCUT2D eigenvalue weighted by Gasteiger charge is 2.58. The maximum Gasteiger partial charge on any atom is 0.0597 e. The molecule has 0 amide bonds. The largest absolute Gasteiger partial charge is 0.393 e. The second-order valence-electron chi connectivity index (χ2n) is 12.8. The Kier molecular flexibility index (Phi) is 6.10. The highest BCUT2D eigenvalue weighted by atomic mass is 35.5. The number of fused-ring (bicyclic) bond motifs is 4. The molecule has 0 bridgehead atoms. The molecule has 0 aliphatic heterocycles. The summed E-state index contributed by atoms with van der Waals surface area (Å²) in [7, 11) is 0. The van der Waals surface area contributed by atoms with Gasteiger partial charge in [0.1, 0.15) is 0 Å². The fraction of sp³-hybridized carbons (Fsp3) is 0.625. The molecule has 1 nitrogen and oxygen atoms in total. The van der Waals surface area contributed by atoms with Gasteiger partial charge in [0.2, 0.25) is 0 Å². The van der Waals surface area contributed by atoms with Crippen molar-refractivity contribution in [1.29, 1.82) is 0 Å². The van der Waals surface area contributed by atoms with Gasteiger partial charge >= 0.3 is 0 Å². The summed E-state index contributed by atoms with van der Waals surface area (Å²) in [4.78, 5) is 0. The predicted octanol–water partition coefficient (Wildman–Crippen LogP) is 8.21. The molecule has 34 heavy (non-hydrogen) atoms. The quantitative estimate of drug-likeness (QED) is 0.426. The molecular formula is C32H41ClO. The number of benzene rings is 1. The first kappa shape index (κ1) is 24.2. The van der Waals surface area contributed by atoms with Gasteiger partial charge in [0.25, 0.3) is 0 Å². The first-order chi connectivity index (χ1) is 16.1. The molecule has 0 spiro atoms. The molecule has 2 fully saturated rings. The van der Waals surface area contributed by atoms with Crippen LogP contribution in [0, 0.1) is 51.8 Å². The number of allylic oxidation sites excluding steroid dienone is 4. The molecule has 4 aliphatic carbocycles. The lowest BCUT2D eigenvalue weighted by Gasteiger charge is -2.59. The SMILES string of the molecule is C[C@H](CC#Cc1ccc(Cl)cc1)[C@H]1CCC2=C3C=C[C@H]4C(C)(C)[C@@H](O)CC[C@]4(C)[C@H]3CC[C@@]21C. The van der Waals surface area contributed by atoms with Crippen LogP contribution in [0.5, 0.6) is 0 Å². The van der Waals surface area contributed by atoms with Crippen LogP contribution >= 0.6 is 11.6 Å². The van der Waals surface area contributed by atoms with Gasteiger partial charge in [-0.1, -0.05) is 75.8 Å². The summed E-state index contributed by atoms with van der Waals surface area (Å²) >= 11 is 6.01. The van der Waals surface area contributed by atoms with E-state index in [1.54, 1.807) is 11.1 Å². The minimum absolute atomic E-state index is 0.0457. The van der Waals surface area contributed by atoms with Gasteiger partial charge in [-0.2, -0.15) is 0 Å². The summed E-state index contributed by atoms with van der Waals surface area (Å²) in [6.07, 6.45) is 13.0. The van der Waals surface area contributed by atoms with Crippen LogP contribution < -0.4 is 0 Å². The molecule has 1 N–H and O–H groups in total. The summed E-state index contributed by atoms with van der Waals surface area (Å²) in [5, 5.41) is 11.5. The van der Waals surface area contributed by atoms with E-state index >= 15 is 0 Å². The van der Waals surface area contributed by atoms with Gasteiger partial charge in [0.05, 0.1) is 6.10 Å². The van der Waals surface area contributed by atoms with Crippen LogP contribution in [-0.4, -0.2) is 11.2 Å². The van der Waals surface area contributed by atoms with Gasteiger partial charge in [-0.3, -0.25) is 0 Å². The number of aliphatic hydroxyl groups excluding tert-OH is 1. The van der Waals surface area contributed by atoms with Gasteiger partial charge in [-0.05, 0) is 108 Å². The molecule has 7 atom stereocenters. The van der Waals surface area contributed by atoms with E-state index in [0.717, 1.165) is 29.8 Å². The summed E-state index contributed by atoms with van der Waals surface area (Å²) in [6.45, 7) is 12.1. The Balaban J connectivity index is 1.39. The van der Waals surface area contributed by atoms with Crippen LogP contribution in [0.1, 0.15) is 85.1 Å². The van der Waals surface area contributed by atoms with E-state index in [-0.39, 0.29) is 16.9 Å². The topological polar surface area (TPSA) is 20.2 Å². The molecule has 0 radical (unpaired) electrons. The maximum absolute atomic E-state index is 10.8. The normalized spacial score (nSPS) is 38.9. The van der Waals surface area contributed by atoms with Gasteiger partial charge in [0, 0.05) is 17.0 Å². The third kappa shape index (κ3) is 3.72. The minimum atomic E-state index is -0.191. The van der Waals surface area contributed by atoms with Crippen molar-refractivity contribution in [3.8, 4) is 11.8 Å². The molecule has 0 unspecified atom stereocenters. The van der Waals surface area contributed by atoms with Crippen molar-refractivity contribution in [3.63, 3.8) is 0 Å². The molecule has 2 heteroatoms. The van der Waals surface area contributed by atoms with Crippen LogP contribution in [0.3, 0.4) is 0 Å². The van der Waals surface area contributed by atoms with E-state index in [0.29, 0.717) is 29.1 Å². The zero-order valence-corrected chi connectivity index (χ0v) is 22.4. The van der Waals surface area contributed by atoms with Crippen molar-refractivity contribution in [2.24, 2.45) is 39.9 Å². The van der Waals surface area contributed by atoms with E-state index in [9.17, 15) is 5.11 Å². The number of hydrogen-bond acceptors (Lipinski definition) is 1. The van der Waals surface area contributed by atoms with Gasteiger partial charge in [-0.15, -0.1) is 0 Å². The van der Waals surface area contributed by atoms with Gasteiger partial charge in [-0.25, -0.2) is 0 Å². The molecule has 2 saturated carbocycles. The van der Waals surface area contributed by atoms with Crippen LogP contribution in [0.25, 0.3) is 0 Å². The van der Waals surface area contributed by atoms with E-state index in [1.807, 2.05) is 24.3 Å². The Bertz CT molecular complexity index is 1070. The molecule has 1 aromatic carbocycles. The lowest BCUT2D eigenvalue weighted by atomic mass is 9.46. The molecule has 4 aliphatic rings. The minimum Gasteiger partial charge on any atom is -0.393 e. The van der Waals surface area contributed by atoms with E-state index in [1.165, 1.54) is 25.7 Å². The zero-order chi connectivity index (χ0) is 24.3. The van der Waals surface area contributed by atoms with E-state index < -0.39 is 0 Å². The standard InChI is InChI=1S/C32H41ClO/c1-21(7-6-8-22-9-11-23(33)12-10-22)25-14-15-26-24-13-16-28-30(2,3)29(34)18-20-32(28,5)27(24)17-19-31(25,26)4/h9-13,16,21,25,27-29,34H,7,14-15,17-20H2,1-5H3/t21-,25-,27+,28+,29+,31-,32-/m1/s1. The molecule has 0 aromatic heterocycles. The average Bonchev–Trinajstić information content (AvgIpc) is 3.15. The second kappa shape index (κ2) is 8.57. The van der Waals surface area contributed by atoms with Crippen molar-refractivity contribution in [2.45, 2.75) is 85.7 Å². The van der Waals surface area contributed by atoms with Crippen LogP contribution in [0.15, 0.2) is 47.6 Å². The van der Waals surface area contributed by atoms with Crippen LogP contribution in [0.2, 0.25) is 5.02 Å². The lowest BCUT2D eigenvalue weighted by Crippen LogP contribution is -2.54. The fourth-order valence-corrected chi connectivity index (χ4v) is 8.77. The van der Waals surface area contributed by atoms with E-state index in [2.05, 4.69) is 58.6 Å². The summed E-state index contributed by atoms with van der Waals surface area (Å²) in [5.74, 6) is 9.24. The zero-order valence-electron chi connectivity index (χ0n) is 21.6. The van der Waals surface area contributed by atoms with Crippen molar-refractivity contribution >= 4 is 11.6 Å². The summed E-state index contributed by atoms with van der Waals surface area (Å²) in [6, 6.07) is 7.85. The molecule has 1 aromatic rings. The summed E-state index contributed by atoms with van der Waals surface area (Å²) < 4.78 is 0. The Morgan fingerprint density at radius 1 is 1.06 bits per heavy atom. The molecule has 0 saturated heterocycles. The van der Waals surface area contributed by atoms with Crippen molar-refractivity contribution in [1.82, 2.24) is 0 Å². The smallest absolute Gasteiger partial charge is 0.0597 e. The second-order valence-corrected chi connectivity index (χ2v) is 13.2. The van der Waals surface area contributed by atoms with Gasteiger partial charge < -0.3 is 5.11 Å². The summed E-state index contributed by atoms with van der Waals surface area (Å²) in [5.41, 5.74) is 5.01. The van der Waals surface area contributed by atoms with Crippen molar-refractivity contribution in [3.05, 3.63) is 58.1 Å². The monoisotopic (exact) mass is 476 g/mol. The average molecular weight is 477 g/mol. The first-order valence-corrected chi connectivity index (χ1v) is 13.8.